The van der Waals surface area contributed by atoms with Crippen molar-refractivity contribution in [2.75, 3.05) is 26.0 Å². The van der Waals surface area contributed by atoms with Gasteiger partial charge in [0, 0.05) is 24.3 Å². The quantitative estimate of drug-likeness (QED) is 0.712. The summed E-state index contributed by atoms with van der Waals surface area (Å²) in [6, 6.07) is 0. The van der Waals surface area contributed by atoms with Crippen molar-refractivity contribution in [3.63, 3.8) is 0 Å². The van der Waals surface area contributed by atoms with Crippen LogP contribution in [0, 0.1) is 5.92 Å². The molecule has 0 unspecified atom stereocenters. The van der Waals surface area contributed by atoms with Gasteiger partial charge in [0.25, 0.3) is 0 Å². The number of hydrogen-bond donors (Lipinski definition) is 0. The van der Waals surface area contributed by atoms with Gasteiger partial charge in [-0.2, -0.15) is 0 Å². The van der Waals surface area contributed by atoms with Gasteiger partial charge in [-0.1, -0.05) is 6.42 Å². The molecule has 0 N–H and O–H groups in total. The molecule has 1 amide bonds. The topological polar surface area (TPSA) is 46.6 Å². The first-order valence-corrected chi connectivity index (χ1v) is 7.23. The highest BCUT2D eigenvalue weighted by molar-refractivity contribution is 8.00. The molecule has 17 heavy (non-hydrogen) atoms. The van der Waals surface area contributed by atoms with Crippen LogP contribution in [0.1, 0.15) is 25.7 Å². The molecule has 1 aliphatic carbocycles. The van der Waals surface area contributed by atoms with Gasteiger partial charge >= 0.3 is 5.97 Å². The molecule has 2 fully saturated rings. The van der Waals surface area contributed by atoms with Gasteiger partial charge in [0.2, 0.25) is 5.91 Å². The highest BCUT2D eigenvalue weighted by atomic mass is 32.2. The van der Waals surface area contributed by atoms with Crippen molar-refractivity contribution in [3.05, 3.63) is 0 Å². The van der Waals surface area contributed by atoms with Crippen molar-refractivity contribution in [2.24, 2.45) is 5.92 Å². The smallest absolute Gasteiger partial charge is 0.315 e. The largest absolute Gasteiger partial charge is 0.468 e. The van der Waals surface area contributed by atoms with Crippen LogP contribution in [0.15, 0.2) is 0 Å². The number of amides is 1. The van der Waals surface area contributed by atoms with Crippen LogP contribution in [0.2, 0.25) is 0 Å². The van der Waals surface area contributed by atoms with Gasteiger partial charge in [-0.15, -0.1) is 11.8 Å². The summed E-state index contributed by atoms with van der Waals surface area (Å²) < 4.78 is 4.61. The predicted octanol–water partition coefficient (Wildman–Crippen LogP) is 1.29. The Labute approximate surface area is 106 Å². The third kappa shape index (κ3) is 3.15. The highest BCUT2D eigenvalue weighted by Crippen LogP contribution is 2.31. The summed E-state index contributed by atoms with van der Waals surface area (Å²) >= 11 is 1.61. The van der Waals surface area contributed by atoms with E-state index in [1.165, 1.54) is 13.5 Å². The lowest BCUT2D eigenvalue weighted by Gasteiger charge is -2.29. The number of carbonyl (C=O) groups is 2. The first-order chi connectivity index (χ1) is 8.20. The molecule has 1 atom stereocenters. The molecule has 0 aromatic carbocycles. The van der Waals surface area contributed by atoms with E-state index in [1.807, 2.05) is 4.90 Å². The van der Waals surface area contributed by atoms with E-state index in [-0.39, 0.29) is 5.97 Å². The van der Waals surface area contributed by atoms with Gasteiger partial charge in [-0.3, -0.25) is 9.59 Å². The Morgan fingerprint density at radius 3 is 2.71 bits per heavy atom. The van der Waals surface area contributed by atoms with Crippen molar-refractivity contribution in [2.45, 2.75) is 30.9 Å². The Kier molecular flexibility index (Phi) is 4.31. The number of methoxy groups -OCH3 is 1. The fraction of sp³-hybridized carbons (Fsp3) is 0.833. The van der Waals surface area contributed by atoms with Gasteiger partial charge in [-0.05, 0) is 19.3 Å². The summed E-state index contributed by atoms with van der Waals surface area (Å²) in [5.41, 5.74) is 0. The zero-order valence-electron chi connectivity index (χ0n) is 10.2. The van der Waals surface area contributed by atoms with Gasteiger partial charge in [0.1, 0.15) is 0 Å². The minimum Gasteiger partial charge on any atom is -0.468 e. The fourth-order valence-corrected chi connectivity index (χ4v) is 3.27. The molecule has 1 aliphatic heterocycles. The average molecular weight is 257 g/mol. The third-order valence-electron chi connectivity index (χ3n) is 3.58. The monoisotopic (exact) mass is 257 g/mol. The van der Waals surface area contributed by atoms with Crippen LogP contribution in [0.25, 0.3) is 0 Å². The van der Waals surface area contributed by atoms with E-state index >= 15 is 0 Å². The molecule has 0 spiro atoms. The van der Waals surface area contributed by atoms with Crippen molar-refractivity contribution in [1.82, 2.24) is 4.90 Å². The molecule has 2 rings (SSSR count). The molecule has 96 valence electrons. The lowest BCUT2D eigenvalue weighted by Crippen LogP contribution is -2.37. The summed E-state index contributed by atoms with van der Waals surface area (Å²) in [6.07, 6.45) is 4.33. The molecule has 1 saturated carbocycles. The van der Waals surface area contributed by atoms with E-state index in [0.717, 1.165) is 32.4 Å². The minimum absolute atomic E-state index is 0.182. The van der Waals surface area contributed by atoms with E-state index in [0.29, 0.717) is 22.8 Å². The van der Waals surface area contributed by atoms with Crippen LogP contribution in [0.4, 0.5) is 0 Å². The number of likely N-dealkylation sites (tertiary alicyclic amines) is 1. The average Bonchev–Trinajstić information content (AvgIpc) is 2.72. The maximum Gasteiger partial charge on any atom is 0.315 e. The maximum absolute atomic E-state index is 12.0. The number of ether oxygens (including phenoxy) is 1. The van der Waals surface area contributed by atoms with E-state index in [1.54, 1.807) is 11.8 Å². The standard InChI is InChI=1S/C12H19NO3S/c1-16-11(14)8-17-10-5-6-13(7-10)12(15)9-3-2-4-9/h9-10H,2-8H2,1H3/t10-/m0/s1. The number of hydrogen-bond acceptors (Lipinski definition) is 4. The maximum atomic E-state index is 12.0. The lowest BCUT2D eigenvalue weighted by atomic mass is 9.84. The number of rotatable bonds is 4. The van der Waals surface area contributed by atoms with Crippen molar-refractivity contribution >= 4 is 23.6 Å². The molecular formula is C12H19NO3S. The second-order valence-corrected chi connectivity index (χ2v) is 6.00. The Balaban J connectivity index is 1.71. The molecule has 0 bridgehead atoms. The molecule has 1 saturated heterocycles. The zero-order valence-corrected chi connectivity index (χ0v) is 11.0. The molecule has 4 nitrogen and oxygen atoms in total. The van der Waals surface area contributed by atoms with Gasteiger partial charge in [0.05, 0.1) is 12.9 Å². The second-order valence-electron chi connectivity index (χ2n) is 4.71. The minimum atomic E-state index is -0.182. The van der Waals surface area contributed by atoms with E-state index < -0.39 is 0 Å². The Morgan fingerprint density at radius 1 is 1.35 bits per heavy atom. The number of thioether (sulfide) groups is 1. The summed E-state index contributed by atoms with van der Waals surface area (Å²) in [5, 5.41) is 0.401. The molecular weight excluding hydrogens is 238 g/mol. The van der Waals surface area contributed by atoms with Gasteiger partial charge < -0.3 is 9.64 Å². The summed E-state index contributed by atoms with van der Waals surface area (Å²) in [7, 11) is 1.41. The van der Waals surface area contributed by atoms with E-state index in [9.17, 15) is 9.59 Å². The lowest BCUT2D eigenvalue weighted by molar-refractivity contribution is -0.137. The zero-order chi connectivity index (χ0) is 12.3. The molecule has 1 heterocycles. The molecule has 2 aliphatic rings. The fourth-order valence-electron chi connectivity index (χ4n) is 2.22. The van der Waals surface area contributed by atoms with Crippen LogP contribution in [0.3, 0.4) is 0 Å². The van der Waals surface area contributed by atoms with Gasteiger partial charge in [0.15, 0.2) is 0 Å². The second kappa shape index (κ2) is 5.76. The van der Waals surface area contributed by atoms with Crippen LogP contribution in [0.5, 0.6) is 0 Å². The third-order valence-corrected chi connectivity index (χ3v) is 4.83. The van der Waals surface area contributed by atoms with E-state index in [2.05, 4.69) is 4.74 Å². The van der Waals surface area contributed by atoms with Crippen LogP contribution >= 0.6 is 11.8 Å². The number of esters is 1. The molecule has 0 aromatic heterocycles. The Morgan fingerprint density at radius 2 is 2.12 bits per heavy atom. The molecule has 0 aromatic rings. The first kappa shape index (κ1) is 12.7. The number of carbonyl (C=O) groups excluding carboxylic acids is 2. The summed E-state index contributed by atoms with van der Waals surface area (Å²) in [5.74, 6) is 0.836. The van der Waals surface area contributed by atoms with Crippen molar-refractivity contribution in [3.8, 4) is 0 Å². The first-order valence-electron chi connectivity index (χ1n) is 6.18. The molecule has 5 heteroatoms. The van der Waals surface area contributed by atoms with Gasteiger partial charge in [-0.25, -0.2) is 0 Å². The Bertz CT molecular complexity index is 304. The normalized spacial score (nSPS) is 24.5. The SMILES string of the molecule is COC(=O)CS[C@H]1CCN(C(=O)C2CCC2)C1. The van der Waals surface area contributed by atoms with Crippen LogP contribution < -0.4 is 0 Å². The van der Waals surface area contributed by atoms with Crippen molar-refractivity contribution < 1.29 is 14.3 Å². The predicted molar refractivity (Wildman–Crippen MR) is 66.8 cm³/mol. The number of nitrogens with zero attached hydrogens (tertiary/aromatic N) is 1. The van der Waals surface area contributed by atoms with Crippen LogP contribution in [-0.2, 0) is 14.3 Å². The summed E-state index contributed by atoms with van der Waals surface area (Å²) in [4.78, 5) is 25.0. The molecule has 0 radical (unpaired) electrons. The van der Waals surface area contributed by atoms with Crippen molar-refractivity contribution in [1.29, 1.82) is 0 Å². The Hall–Kier alpha value is -0.710. The van der Waals surface area contributed by atoms with Crippen LogP contribution in [-0.4, -0.2) is 48.0 Å². The summed E-state index contributed by atoms with van der Waals surface area (Å²) in [6.45, 7) is 1.66. The highest BCUT2D eigenvalue weighted by Gasteiger charge is 2.33. The van der Waals surface area contributed by atoms with E-state index in [4.69, 9.17) is 0 Å².